The van der Waals surface area contributed by atoms with Crippen molar-refractivity contribution in [1.82, 2.24) is 20.3 Å². The molecule has 4 nitrogen and oxygen atoms in total. The summed E-state index contributed by atoms with van der Waals surface area (Å²) in [5.41, 5.74) is 3.20. The molecule has 0 saturated heterocycles. The monoisotopic (exact) mass is 256 g/mol. The summed E-state index contributed by atoms with van der Waals surface area (Å²) in [7, 11) is 0. The Labute approximate surface area is 113 Å². The molecule has 1 unspecified atom stereocenters. The van der Waals surface area contributed by atoms with Gasteiger partial charge in [-0.3, -0.25) is 4.68 Å². The topological polar surface area (TPSA) is 42.7 Å². The predicted molar refractivity (Wildman–Crippen MR) is 74.7 cm³/mol. The maximum atomic E-state index is 3.99. The van der Waals surface area contributed by atoms with Crippen LogP contribution in [-0.4, -0.2) is 21.5 Å². The van der Waals surface area contributed by atoms with E-state index in [0.717, 1.165) is 19.5 Å². The second-order valence-corrected chi connectivity index (χ2v) is 5.92. The van der Waals surface area contributed by atoms with E-state index in [1.54, 1.807) is 6.20 Å². The van der Waals surface area contributed by atoms with Gasteiger partial charge in [0, 0.05) is 18.8 Å². The molecule has 1 atom stereocenters. The van der Waals surface area contributed by atoms with Gasteiger partial charge < -0.3 is 5.32 Å². The summed E-state index contributed by atoms with van der Waals surface area (Å²) in [4.78, 5) is 0. The highest BCUT2D eigenvalue weighted by Crippen LogP contribution is 2.44. The number of hydrogen-bond acceptors (Lipinski definition) is 3. The van der Waals surface area contributed by atoms with E-state index < -0.39 is 0 Å². The van der Waals surface area contributed by atoms with E-state index in [4.69, 9.17) is 0 Å². The average molecular weight is 256 g/mol. The zero-order chi connectivity index (χ0) is 13.3. The molecule has 1 aliphatic rings. The molecule has 2 aromatic rings. The van der Waals surface area contributed by atoms with Gasteiger partial charge in [0.1, 0.15) is 0 Å². The molecule has 1 aliphatic carbocycles. The Bertz CT molecular complexity index is 545. The maximum Gasteiger partial charge on any atom is 0.0692 e. The highest BCUT2D eigenvalue weighted by Gasteiger charge is 2.38. The Kier molecular flexibility index (Phi) is 3.11. The summed E-state index contributed by atoms with van der Waals surface area (Å²) >= 11 is 0. The lowest BCUT2D eigenvalue weighted by Gasteiger charge is -2.28. The molecule has 4 heteroatoms. The minimum Gasteiger partial charge on any atom is -0.308 e. The molecule has 1 aromatic heterocycles. The Morgan fingerprint density at radius 2 is 2.21 bits per heavy atom. The van der Waals surface area contributed by atoms with Gasteiger partial charge in [-0.2, -0.15) is 0 Å². The van der Waals surface area contributed by atoms with Crippen LogP contribution in [0.2, 0.25) is 0 Å². The van der Waals surface area contributed by atoms with Crippen LogP contribution < -0.4 is 5.32 Å². The molecule has 19 heavy (non-hydrogen) atoms. The van der Waals surface area contributed by atoms with Gasteiger partial charge in [0.25, 0.3) is 0 Å². The first-order valence-electron chi connectivity index (χ1n) is 6.82. The molecule has 100 valence electrons. The number of hydrogen-bond donors (Lipinski definition) is 1. The maximum absolute atomic E-state index is 3.99. The SMILES string of the molecule is CC1(C)Cc2ccccc2C1NCCn1ccnn1. The van der Waals surface area contributed by atoms with Crippen LogP contribution in [0.1, 0.15) is 31.0 Å². The Balaban J connectivity index is 1.69. The quantitative estimate of drug-likeness (QED) is 0.912. The van der Waals surface area contributed by atoms with Gasteiger partial charge >= 0.3 is 0 Å². The Morgan fingerprint density at radius 3 is 3.00 bits per heavy atom. The molecule has 0 amide bonds. The zero-order valence-corrected chi connectivity index (χ0v) is 11.5. The van der Waals surface area contributed by atoms with Crippen molar-refractivity contribution < 1.29 is 0 Å². The van der Waals surface area contributed by atoms with Gasteiger partial charge in [-0.05, 0) is 23.0 Å². The Morgan fingerprint density at radius 1 is 1.37 bits per heavy atom. The smallest absolute Gasteiger partial charge is 0.0692 e. The van der Waals surface area contributed by atoms with Crippen LogP contribution in [-0.2, 0) is 13.0 Å². The number of benzene rings is 1. The first-order chi connectivity index (χ1) is 9.17. The van der Waals surface area contributed by atoms with E-state index >= 15 is 0 Å². The number of nitrogens with one attached hydrogen (secondary N) is 1. The summed E-state index contributed by atoms with van der Waals surface area (Å²) in [6.07, 6.45) is 4.76. The fourth-order valence-electron chi connectivity index (χ4n) is 3.05. The summed E-state index contributed by atoms with van der Waals surface area (Å²) < 4.78 is 1.86. The van der Waals surface area contributed by atoms with Crippen molar-refractivity contribution in [3.63, 3.8) is 0 Å². The largest absolute Gasteiger partial charge is 0.308 e. The fraction of sp³-hybridized carbons (Fsp3) is 0.467. The summed E-state index contributed by atoms with van der Waals surface area (Å²) in [6.45, 7) is 6.43. The third-order valence-corrected chi connectivity index (χ3v) is 3.95. The average Bonchev–Trinajstić information content (AvgIpc) is 2.96. The van der Waals surface area contributed by atoms with Gasteiger partial charge in [0.2, 0.25) is 0 Å². The number of fused-ring (bicyclic) bond motifs is 1. The van der Waals surface area contributed by atoms with Gasteiger partial charge in [-0.25, -0.2) is 0 Å². The van der Waals surface area contributed by atoms with Crippen molar-refractivity contribution in [3.8, 4) is 0 Å². The first kappa shape index (κ1) is 12.4. The lowest BCUT2D eigenvalue weighted by molar-refractivity contribution is 0.266. The van der Waals surface area contributed by atoms with E-state index in [0.29, 0.717) is 6.04 Å². The summed E-state index contributed by atoms with van der Waals surface area (Å²) in [5.74, 6) is 0. The van der Waals surface area contributed by atoms with Crippen molar-refractivity contribution in [2.75, 3.05) is 6.54 Å². The van der Waals surface area contributed by atoms with Gasteiger partial charge in [0.05, 0.1) is 12.7 Å². The van der Waals surface area contributed by atoms with Gasteiger partial charge in [0.15, 0.2) is 0 Å². The predicted octanol–water partition coefficient (Wildman–Crippen LogP) is 2.19. The van der Waals surface area contributed by atoms with E-state index in [1.165, 1.54) is 11.1 Å². The highest BCUT2D eigenvalue weighted by molar-refractivity contribution is 5.37. The molecule has 1 heterocycles. The number of aromatic nitrogens is 3. The van der Waals surface area contributed by atoms with Crippen molar-refractivity contribution in [2.24, 2.45) is 5.41 Å². The number of nitrogens with zero attached hydrogens (tertiary/aromatic N) is 3. The molecular weight excluding hydrogens is 236 g/mol. The van der Waals surface area contributed by atoms with Gasteiger partial charge in [-0.1, -0.05) is 43.3 Å². The highest BCUT2D eigenvalue weighted by atomic mass is 15.4. The van der Waals surface area contributed by atoms with Crippen LogP contribution in [0.25, 0.3) is 0 Å². The third kappa shape index (κ3) is 2.40. The standard InChI is InChI=1S/C15H20N4/c1-15(2)11-12-5-3-4-6-13(12)14(15)16-7-9-19-10-8-17-18-19/h3-6,8,10,14,16H,7,9,11H2,1-2H3. The van der Waals surface area contributed by atoms with Crippen molar-refractivity contribution in [3.05, 3.63) is 47.8 Å². The van der Waals surface area contributed by atoms with Crippen molar-refractivity contribution in [1.29, 1.82) is 0 Å². The molecule has 1 aromatic carbocycles. The molecule has 1 N–H and O–H groups in total. The van der Waals surface area contributed by atoms with Crippen LogP contribution in [0.15, 0.2) is 36.7 Å². The van der Waals surface area contributed by atoms with Crippen LogP contribution in [0.4, 0.5) is 0 Å². The molecule has 0 bridgehead atoms. The second-order valence-electron chi connectivity index (χ2n) is 5.92. The van der Waals surface area contributed by atoms with Crippen LogP contribution in [0, 0.1) is 5.41 Å². The van der Waals surface area contributed by atoms with Crippen molar-refractivity contribution >= 4 is 0 Å². The molecule has 0 aliphatic heterocycles. The zero-order valence-electron chi connectivity index (χ0n) is 11.5. The van der Waals surface area contributed by atoms with Gasteiger partial charge in [-0.15, -0.1) is 5.10 Å². The van der Waals surface area contributed by atoms with Crippen LogP contribution in [0.5, 0.6) is 0 Å². The lowest BCUT2D eigenvalue weighted by atomic mass is 9.85. The van der Waals surface area contributed by atoms with Crippen molar-refractivity contribution in [2.45, 2.75) is 32.9 Å². The minimum absolute atomic E-state index is 0.270. The van der Waals surface area contributed by atoms with E-state index in [9.17, 15) is 0 Å². The normalized spacial score (nSPS) is 20.4. The molecule has 3 rings (SSSR count). The van der Waals surface area contributed by atoms with Crippen LogP contribution in [0.3, 0.4) is 0 Å². The van der Waals surface area contributed by atoms with Crippen LogP contribution >= 0.6 is 0 Å². The Hall–Kier alpha value is -1.68. The molecular formula is C15H20N4. The summed E-state index contributed by atoms with van der Waals surface area (Å²) in [5, 5.41) is 11.5. The van der Waals surface area contributed by atoms with E-state index in [2.05, 4.69) is 53.7 Å². The minimum atomic E-state index is 0.270. The second kappa shape index (κ2) is 4.78. The first-order valence-corrected chi connectivity index (χ1v) is 6.82. The molecule has 0 saturated carbocycles. The fourth-order valence-corrected chi connectivity index (χ4v) is 3.05. The van der Waals surface area contributed by atoms with E-state index in [-0.39, 0.29) is 5.41 Å². The third-order valence-electron chi connectivity index (χ3n) is 3.95. The summed E-state index contributed by atoms with van der Waals surface area (Å²) in [6, 6.07) is 9.18. The lowest BCUT2D eigenvalue weighted by Crippen LogP contribution is -2.33. The number of rotatable bonds is 4. The molecule has 0 radical (unpaired) electrons. The molecule has 0 spiro atoms. The van der Waals surface area contributed by atoms with E-state index in [1.807, 2.05) is 10.9 Å². The molecule has 0 fully saturated rings.